The Bertz CT molecular complexity index is 954. The summed E-state index contributed by atoms with van der Waals surface area (Å²) in [5.74, 6) is 1.61. The molecule has 1 fully saturated rings. The highest BCUT2D eigenvalue weighted by Gasteiger charge is 2.21. The van der Waals surface area contributed by atoms with Crippen LogP contribution in [-0.4, -0.2) is 49.7 Å². The fraction of sp³-hybridized carbons (Fsp3) is 0.440. The first-order chi connectivity index (χ1) is 14.2. The third-order valence-electron chi connectivity index (χ3n) is 6.28. The van der Waals surface area contributed by atoms with Crippen LogP contribution in [0, 0.1) is 6.92 Å². The molecule has 0 saturated carbocycles. The Morgan fingerprint density at radius 2 is 1.93 bits per heavy atom. The van der Waals surface area contributed by atoms with E-state index in [9.17, 15) is 0 Å². The number of aromatic amines is 1. The third kappa shape index (κ3) is 4.19. The van der Waals surface area contributed by atoms with Gasteiger partial charge >= 0.3 is 0 Å². The number of piperidine rings is 1. The molecule has 29 heavy (non-hydrogen) atoms. The minimum absolute atomic E-state index is 0.665. The molecule has 0 radical (unpaired) electrons. The zero-order valence-electron chi connectivity index (χ0n) is 17.9. The van der Waals surface area contributed by atoms with Crippen molar-refractivity contribution in [2.45, 2.75) is 32.6 Å². The van der Waals surface area contributed by atoms with E-state index in [1.807, 2.05) is 20.0 Å². The van der Waals surface area contributed by atoms with E-state index in [1.54, 1.807) is 0 Å². The van der Waals surface area contributed by atoms with Gasteiger partial charge < -0.3 is 19.9 Å². The number of H-pyrrole nitrogens is 1. The van der Waals surface area contributed by atoms with Gasteiger partial charge in [0.05, 0.1) is 12.3 Å². The number of aryl methyl sites for hydroxylation is 1. The molecule has 1 saturated heterocycles. The lowest BCUT2D eigenvalue weighted by Gasteiger charge is -2.32. The van der Waals surface area contributed by atoms with Crippen molar-refractivity contribution in [3.63, 3.8) is 0 Å². The first-order valence-corrected chi connectivity index (χ1v) is 10.9. The SMILES string of the molecule is CCOc1ccccc1-c1[nH]c2ccc(C3CCN(CCNC)CC3)cc2c1C. The van der Waals surface area contributed by atoms with Gasteiger partial charge in [-0.05, 0) is 88.1 Å². The molecule has 0 unspecified atom stereocenters. The van der Waals surface area contributed by atoms with Crippen molar-refractivity contribution < 1.29 is 4.74 Å². The molecule has 0 amide bonds. The summed E-state index contributed by atoms with van der Waals surface area (Å²) in [6.45, 7) is 9.56. The molecular weight excluding hydrogens is 358 g/mol. The minimum Gasteiger partial charge on any atom is -0.493 e. The molecular formula is C25H33N3O. The zero-order chi connectivity index (χ0) is 20.2. The summed E-state index contributed by atoms with van der Waals surface area (Å²) in [7, 11) is 2.03. The van der Waals surface area contributed by atoms with Gasteiger partial charge in [-0.15, -0.1) is 0 Å². The lowest BCUT2D eigenvalue weighted by molar-refractivity contribution is 0.214. The van der Waals surface area contributed by atoms with Crippen molar-refractivity contribution in [1.82, 2.24) is 15.2 Å². The normalized spacial score (nSPS) is 15.8. The molecule has 4 nitrogen and oxygen atoms in total. The summed E-state index contributed by atoms with van der Waals surface area (Å²) >= 11 is 0. The van der Waals surface area contributed by atoms with E-state index in [4.69, 9.17) is 4.74 Å². The van der Waals surface area contributed by atoms with E-state index in [0.717, 1.165) is 24.4 Å². The topological polar surface area (TPSA) is 40.3 Å². The molecule has 4 rings (SSSR count). The maximum absolute atomic E-state index is 5.87. The Hall–Kier alpha value is -2.30. The zero-order valence-corrected chi connectivity index (χ0v) is 17.9. The molecule has 2 aromatic carbocycles. The van der Waals surface area contributed by atoms with Gasteiger partial charge in [-0.3, -0.25) is 0 Å². The Morgan fingerprint density at radius 1 is 1.14 bits per heavy atom. The summed E-state index contributed by atoms with van der Waals surface area (Å²) in [5, 5.41) is 4.59. The molecule has 2 N–H and O–H groups in total. The monoisotopic (exact) mass is 391 g/mol. The predicted octanol–water partition coefficient (Wildman–Crippen LogP) is 4.94. The van der Waals surface area contributed by atoms with Gasteiger partial charge in [-0.25, -0.2) is 0 Å². The van der Waals surface area contributed by atoms with Gasteiger partial charge in [0.1, 0.15) is 5.75 Å². The molecule has 0 spiro atoms. The van der Waals surface area contributed by atoms with Crippen molar-refractivity contribution in [2.24, 2.45) is 0 Å². The molecule has 0 bridgehead atoms. The number of likely N-dealkylation sites (N-methyl/N-ethyl adjacent to an activating group) is 1. The minimum atomic E-state index is 0.665. The summed E-state index contributed by atoms with van der Waals surface area (Å²) in [4.78, 5) is 6.22. The summed E-state index contributed by atoms with van der Waals surface area (Å²) in [6, 6.07) is 15.3. The average molecular weight is 392 g/mol. The number of rotatable bonds is 7. The Morgan fingerprint density at radius 3 is 2.69 bits per heavy atom. The van der Waals surface area contributed by atoms with Gasteiger partial charge in [-0.2, -0.15) is 0 Å². The maximum atomic E-state index is 5.87. The lowest BCUT2D eigenvalue weighted by atomic mass is 9.88. The summed E-state index contributed by atoms with van der Waals surface area (Å²) in [5.41, 5.74) is 6.31. The lowest BCUT2D eigenvalue weighted by Crippen LogP contribution is -2.37. The number of hydrogen-bond acceptors (Lipinski definition) is 3. The first kappa shape index (κ1) is 20.0. The van der Waals surface area contributed by atoms with E-state index in [1.165, 1.54) is 53.7 Å². The molecule has 4 heteroatoms. The Balaban J connectivity index is 1.59. The highest BCUT2D eigenvalue weighted by molar-refractivity contribution is 5.92. The Labute approximate surface area is 174 Å². The fourth-order valence-electron chi connectivity index (χ4n) is 4.58. The number of fused-ring (bicyclic) bond motifs is 1. The van der Waals surface area contributed by atoms with Crippen molar-refractivity contribution in [1.29, 1.82) is 0 Å². The standard InChI is InChI=1S/C25H33N3O/c1-4-29-24-8-6-5-7-21(24)25-18(2)22-17-20(9-10-23(22)27-25)19-11-14-28(15-12-19)16-13-26-3/h5-10,17,19,26-27H,4,11-16H2,1-3H3. The summed E-state index contributed by atoms with van der Waals surface area (Å²) in [6.07, 6.45) is 2.50. The molecule has 3 aromatic rings. The van der Waals surface area contributed by atoms with Gasteiger partial charge in [-0.1, -0.05) is 18.2 Å². The highest BCUT2D eigenvalue weighted by atomic mass is 16.5. The smallest absolute Gasteiger partial charge is 0.128 e. The molecule has 2 heterocycles. The molecule has 0 atom stereocenters. The van der Waals surface area contributed by atoms with Crippen LogP contribution in [0.3, 0.4) is 0 Å². The van der Waals surface area contributed by atoms with Crippen LogP contribution >= 0.6 is 0 Å². The van der Waals surface area contributed by atoms with Crippen LogP contribution in [0.4, 0.5) is 0 Å². The van der Waals surface area contributed by atoms with Gasteiger partial charge in [0.15, 0.2) is 0 Å². The summed E-state index contributed by atoms with van der Waals surface area (Å²) < 4.78 is 5.87. The average Bonchev–Trinajstić information content (AvgIpc) is 3.09. The van der Waals surface area contributed by atoms with Gasteiger partial charge in [0, 0.05) is 29.6 Å². The number of para-hydroxylation sites is 1. The highest BCUT2D eigenvalue weighted by Crippen LogP contribution is 2.37. The number of benzene rings is 2. The predicted molar refractivity (Wildman–Crippen MR) is 122 cm³/mol. The van der Waals surface area contributed by atoms with E-state index in [2.05, 4.69) is 58.5 Å². The number of ether oxygens (including phenoxy) is 1. The molecule has 0 aliphatic carbocycles. The number of likely N-dealkylation sites (tertiary alicyclic amines) is 1. The van der Waals surface area contributed by atoms with Crippen LogP contribution in [0.1, 0.15) is 36.8 Å². The van der Waals surface area contributed by atoms with E-state index < -0.39 is 0 Å². The molecule has 1 aromatic heterocycles. The Kier molecular flexibility index (Phi) is 6.22. The van der Waals surface area contributed by atoms with E-state index >= 15 is 0 Å². The van der Waals surface area contributed by atoms with Gasteiger partial charge in [0.2, 0.25) is 0 Å². The van der Waals surface area contributed by atoms with Crippen LogP contribution in [0.25, 0.3) is 22.2 Å². The van der Waals surface area contributed by atoms with Crippen molar-refractivity contribution in [3.05, 3.63) is 53.6 Å². The van der Waals surface area contributed by atoms with Crippen LogP contribution in [-0.2, 0) is 0 Å². The molecule has 154 valence electrons. The maximum Gasteiger partial charge on any atom is 0.128 e. The third-order valence-corrected chi connectivity index (χ3v) is 6.28. The molecule has 1 aliphatic rings. The number of hydrogen-bond donors (Lipinski definition) is 2. The van der Waals surface area contributed by atoms with Crippen molar-refractivity contribution in [2.75, 3.05) is 39.8 Å². The van der Waals surface area contributed by atoms with E-state index in [-0.39, 0.29) is 0 Å². The number of nitrogens with one attached hydrogen (secondary N) is 2. The fourth-order valence-corrected chi connectivity index (χ4v) is 4.58. The van der Waals surface area contributed by atoms with Gasteiger partial charge in [0.25, 0.3) is 0 Å². The second kappa shape index (κ2) is 9.02. The van der Waals surface area contributed by atoms with Crippen LogP contribution in [0.5, 0.6) is 5.75 Å². The largest absolute Gasteiger partial charge is 0.493 e. The van der Waals surface area contributed by atoms with Crippen LogP contribution < -0.4 is 10.1 Å². The first-order valence-electron chi connectivity index (χ1n) is 10.9. The molecule has 1 aliphatic heterocycles. The second-order valence-corrected chi connectivity index (χ2v) is 8.08. The van der Waals surface area contributed by atoms with Crippen LogP contribution in [0.2, 0.25) is 0 Å². The van der Waals surface area contributed by atoms with Crippen molar-refractivity contribution >= 4 is 10.9 Å². The quantitative estimate of drug-likeness (QED) is 0.599. The second-order valence-electron chi connectivity index (χ2n) is 8.08. The number of aromatic nitrogens is 1. The van der Waals surface area contributed by atoms with Crippen LogP contribution in [0.15, 0.2) is 42.5 Å². The number of nitrogens with zero attached hydrogens (tertiary/aromatic N) is 1. The van der Waals surface area contributed by atoms with Crippen molar-refractivity contribution in [3.8, 4) is 17.0 Å². The van der Waals surface area contributed by atoms with E-state index in [0.29, 0.717) is 12.5 Å².